The quantitative estimate of drug-likeness (QED) is 0.0922. The summed E-state index contributed by atoms with van der Waals surface area (Å²) < 4.78 is 57.5. The molecular formula is C54H58FN3O5S. The van der Waals surface area contributed by atoms with Gasteiger partial charge in [0, 0.05) is 42.1 Å². The zero-order valence-electron chi connectivity index (χ0n) is 37.4. The molecule has 1 aromatic heterocycles. The van der Waals surface area contributed by atoms with Crippen molar-refractivity contribution in [3.05, 3.63) is 192 Å². The fourth-order valence-corrected chi connectivity index (χ4v) is 8.79. The molecule has 6 aromatic carbocycles. The number of sulfonamides is 1. The van der Waals surface area contributed by atoms with Crippen LogP contribution in [0, 0.1) is 5.82 Å². The highest BCUT2D eigenvalue weighted by Gasteiger charge is 2.25. The molecule has 0 unspecified atom stereocenters. The first kappa shape index (κ1) is 47.1. The Morgan fingerprint density at radius 2 is 1.22 bits per heavy atom. The van der Waals surface area contributed by atoms with Crippen LogP contribution in [0.5, 0.6) is 23.0 Å². The number of aromatic nitrogens is 2. The van der Waals surface area contributed by atoms with E-state index in [4.69, 9.17) is 9.47 Å². The molecule has 0 spiro atoms. The Bertz CT molecular complexity index is 2620. The maximum atomic E-state index is 15.1. The third-order valence-electron chi connectivity index (χ3n) is 10.2. The van der Waals surface area contributed by atoms with Crippen molar-refractivity contribution in [1.29, 1.82) is 0 Å². The van der Waals surface area contributed by atoms with Crippen molar-refractivity contribution in [1.82, 2.24) is 14.3 Å². The number of Topliss-reactive ketones (excluding diaryl/α,β-unsaturated/α-hetero) is 1. The predicted molar refractivity (Wildman–Crippen MR) is 254 cm³/mol. The van der Waals surface area contributed by atoms with Crippen LogP contribution < -0.4 is 14.2 Å². The van der Waals surface area contributed by atoms with Crippen LogP contribution in [-0.2, 0) is 47.0 Å². The number of nitrogens with zero attached hydrogens (tertiary/aromatic N) is 2. The molecule has 0 saturated heterocycles. The molecule has 332 valence electrons. The second-order valence-electron chi connectivity index (χ2n) is 16.7. The summed E-state index contributed by atoms with van der Waals surface area (Å²) in [6, 6.07) is 46.9. The minimum absolute atomic E-state index is 0.134. The number of halogens is 1. The van der Waals surface area contributed by atoms with Gasteiger partial charge in [-0.25, -0.2) is 22.5 Å². The lowest BCUT2D eigenvalue weighted by molar-refractivity contribution is -0.119. The first-order chi connectivity index (χ1) is 30.8. The highest BCUT2D eigenvalue weighted by atomic mass is 32.2. The molecule has 0 aliphatic carbocycles. The van der Waals surface area contributed by atoms with Crippen molar-refractivity contribution < 1.29 is 27.1 Å². The number of nitrogens with one attached hydrogen (secondary N) is 1. The Hall–Kier alpha value is -6.36. The predicted octanol–water partition coefficient (Wildman–Crippen LogP) is 12.7. The number of carbonyl (C=O) groups is 1. The summed E-state index contributed by atoms with van der Waals surface area (Å²) in [6.45, 7) is 9.90. The molecule has 7 rings (SSSR count). The van der Waals surface area contributed by atoms with Crippen molar-refractivity contribution in [3.63, 3.8) is 0 Å². The van der Waals surface area contributed by atoms with Gasteiger partial charge in [0.1, 0.15) is 40.4 Å². The average molecular weight is 880 g/mol. The summed E-state index contributed by atoms with van der Waals surface area (Å²) in [5.74, 6) is 4.03. The second-order valence-corrected chi connectivity index (χ2v) is 18.4. The van der Waals surface area contributed by atoms with Gasteiger partial charge in [0.2, 0.25) is 10.0 Å². The molecule has 8 nitrogen and oxygen atoms in total. The Kier molecular flexibility index (Phi) is 16.4. The topological polar surface area (TPSA) is 99.5 Å². The van der Waals surface area contributed by atoms with Gasteiger partial charge in [-0.3, -0.25) is 4.79 Å². The summed E-state index contributed by atoms with van der Waals surface area (Å²) >= 11 is 0. The molecule has 0 bridgehead atoms. The van der Waals surface area contributed by atoms with Crippen LogP contribution in [0.15, 0.2) is 163 Å². The van der Waals surface area contributed by atoms with E-state index in [0.29, 0.717) is 48.9 Å². The largest absolute Gasteiger partial charge is 0.457 e. The minimum Gasteiger partial charge on any atom is -0.457 e. The molecule has 10 heteroatoms. The fraction of sp³-hybridized carbons (Fsp3) is 0.259. The first-order valence-corrected chi connectivity index (χ1v) is 23.4. The van der Waals surface area contributed by atoms with Crippen LogP contribution in [0.4, 0.5) is 4.39 Å². The van der Waals surface area contributed by atoms with Gasteiger partial charge in [0.15, 0.2) is 0 Å². The van der Waals surface area contributed by atoms with Crippen LogP contribution >= 0.6 is 0 Å². The molecule has 1 N–H and O–H groups in total. The second kappa shape index (κ2) is 22.3. The Labute approximate surface area is 378 Å². The van der Waals surface area contributed by atoms with Crippen LogP contribution in [-0.4, -0.2) is 29.3 Å². The van der Waals surface area contributed by atoms with E-state index in [9.17, 15) is 13.2 Å². The summed E-state index contributed by atoms with van der Waals surface area (Å²) in [4.78, 5) is 17.3. The number of aryl methyl sites for hydroxylation is 4. The van der Waals surface area contributed by atoms with Gasteiger partial charge in [-0.05, 0) is 124 Å². The molecule has 0 aliphatic heterocycles. The SMILES string of the molecule is CCCc1nc(CC)cn1Cc1ccc(-c2ccccc2S(=O)(=O)NC(C)(C)C)cc1F.O=C(CCc1cccc(Oc2ccccc2)c1)CCc1cccc(Oc2ccccc2)c1. The lowest BCUT2D eigenvalue weighted by atomic mass is 10.0. The number of para-hydroxylation sites is 2. The van der Waals surface area contributed by atoms with Crippen LogP contribution in [0.1, 0.15) is 82.1 Å². The smallest absolute Gasteiger partial charge is 0.241 e. The molecule has 0 fully saturated rings. The highest BCUT2D eigenvalue weighted by molar-refractivity contribution is 7.89. The van der Waals surface area contributed by atoms with E-state index in [1.807, 2.05) is 120 Å². The van der Waals surface area contributed by atoms with Gasteiger partial charge in [0.05, 0.1) is 17.1 Å². The van der Waals surface area contributed by atoms with Crippen molar-refractivity contribution in [2.45, 2.75) is 96.5 Å². The monoisotopic (exact) mass is 879 g/mol. The zero-order chi connectivity index (χ0) is 45.5. The minimum atomic E-state index is -3.77. The molecule has 0 atom stereocenters. The maximum Gasteiger partial charge on any atom is 0.241 e. The molecule has 7 aromatic rings. The third kappa shape index (κ3) is 14.1. The number of hydrogen-bond donors (Lipinski definition) is 1. The van der Waals surface area contributed by atoms with E-state index in [-0.39, 0.29) is 16.5 Å². The van der Waals surface area contributed by atoms with Crippen LogP contribution in [0.3, 0.4) is 0 Å². The third-order valence-corrected chi connectivity index (χ3v) is 12.0. The number of ketones is 1. The fourth-order valence-electron chi connectivity index (χ4n) is 7.14. The van der Waals surface area contributed by atoms with Gasteiger partial charge in [-0.15, -0.1) is 0 Å². The number of rotatable bonds is 18. The summed E-state index contributed by atoms with van der Waals surface area (Å²) in [6.07, 6.45) is 7.09. The lowest BCUT2D eigenvalue weighted by Gasteiger charge is -2.21. The molecule has 0 aliphatic rings. The van der Waals surface area contributed by atoms with Gasteiger partial charge in [0.25, 0.3) is 0 Å². The van der Waals surface area contributed by atoms with E-state index in [2.05, 4.69) is 23.6 Å². The van der Waals surface area contributed by atoms with E-state index < -0.39 is 15.6 Å². The lowest BCUT2D eigenvalue weighted by Crippen LogP contribution is -2.40. The van der Waals surface area contributed by atoms with Gasteiger partial charge in [-0.2, -0.15) is 0 Å². The molecule has 1 heterocycles. The number of hydrogen-bond acceptors (Lipinski definition) is 6. The zero-order valence-corrected chi connectivity index (χ0v) is 38.2. The van der Waals surface area contributed by atoms with E-state index in [1.165, 1.54) is 6.07 Å². The summed E-state index contributed by atoms with van der Waals surface area (Å²) in [7, 11) is -3.77. The molecule has 64 heavy (non-hydrogen) atoms. The van der Waals surface area contributed by atoms with Crippen LogP contribution in [0.2, 0.25) is 0 Å². The molecule has 0 radical (unpaired) electrons. The van der Waals surface area contributed by atoms with Gasteiger partial charge in [-0.1, -0.05) is 105 Å². The van der Waals surface area contributed by atoms with Crippen molar-refractivity contribution >= 4 is 15.8 Å². The summed E-state index contributed by atoms with van der Waals surface area (Å²) in [5.41, 5.74) is 4.11. The Morgan fingerprint density at radius 1 is 0.672 bits per heavy atom. The van der Waals surface area contributed by atoms with Crippen LogP contribution in [0.25, 0.3) is 11.1 Å². The van der Waals surface area contributed by atoms with Gasteiger partial charge >= 0.3 is 0 Å². The van der Waals surface area contributed by atoms with E-state index in [0.717, 1.165) is 64.9 Å². The normalized spacial score (nSPS) is 11.4. The van der Waals surface area contributed by atoms with Crippen molar-refractivity contribution in [2.75, 3.05) is 0 Å². The standard InChI is InChI=1S/C29H26O3.C25H32FN3O2S/c30-25(19-17-23-9-7-15-28(21-23)31-26-11-3-1-4-12-26)20-18-24-10-8-16-29(22-24)32-27-13-5-2-6-14-27;1-6-10-24-27-20(7-2)17-29(24)16-19-14-13-18(15-22(19)26)21-11-8-9-12-23(21)32(30,31)28-25(3,4)5/h1-16,21-22H,17-20H2;8-9,11-15,17,28H,6-7,10,16H2,1-5H3. The highest BCUT2D eigenvalue weighted by Crippen LogP contribution is 2.30. The number of benzene rings is 6. The molecular weight excluding hydrogens is 822 g/mol. The molecule has 0 saturated carbocycles. The van der Waals surface area contributed by atoms with Gasteiger partial charge < -0.3 is 14.0 Å². The molecule has 0 amide bonds. The summed E-state index contributed by atoms with van der Waals surface area (Å²) in [5, 5.41) is 0. The first-order valence-electron chi connectivity index (χ1n) is 21.9. The van der Waals surface area contributed by atoms with E-state index in [1.54, 1.807) is 57.2 Å². The van der Waals surface area contributed by atoms with Crippen molar-refractivity contribution in [2.24, 2.45) is 0 Å². The average Bonchev–Trinajstić information content (AvgIpc) is 3.67. The van der Waals surface area contributed by atoms with E-state index >= 15 is 4.39 Å². The number of imidazole rings is 1. The number of ether oxygens (including phenoxy) is 2. The maximum absolute atomic E-state index is 15.1. The number of carbonyl (C=O) groups excluding carboxylic acids is 1. The Balaban J connectivity index is 0.000000213. The van der Waals surface area contributed by atoms with Crippen molar-refractivity contribution in [3.8, 4) is 34.1 Å². The Morgan fingerprint density at radius 3 is 1.75 bits per heavy atom.